The highest BCUT2D eigenvalue weighted by atomic mass is 32.2. The van der Waals surface area contributed by atoms with Crippen molar-refractivity contribution in [1.29, 1.82) is 0 Å². The highest BCUT2D eigenvalue weighted by Gasteiger charge is 2.35. The lowest BCUT2D eigenvalue weighted by atomic mass is 9.78. The van der Waals surface area contributed by atoms with E-state index >= 15 is 0 Å². The summed E-state index contributed by atoms with van der Waals surface area (Å²) in [5, 5.41) is 9.09. The summed E-state index contributed by atoms with van der Waals surface area (Å²) in [4.78, 5) is 25.8. The van der Waals surface area contributed by atoms with E-state index in [2.05, 4.69) is 24.3 Å². The Morgan fingerprint density at radius 3 is 2.50 bits per heavy atom. The minimum Gasteiger partial charge on any atom is -0.481 e. The summed E-state index contributed by atoms with van der Waals surface area (Å²) < 4.78 is 0. The summed E-state index contributed by atoms with van der Waals surface area (Å²) in [5.41, 5.74) is 1.38. The number of aliphatic carboxylic acids is 1. The van der Waals surface area contributed by atoms with E-state index in [1.54, 1.807) is 11.8 Å². The van der Waals surface area contributed by atoms with E-state index in [9.17, 15) is 9.59 Å². The SMILES string of the molecule is O=C(O)CC1CSCCN1C(=O)C1CCC(c2ccccc2)CC1. The molecule has 130 valence electrons. The van der Waals surface area contributed by atoms with Crippen molar-refractivity contribution in [2.75, 3.05) is 18.1 Å². The van der Waals surface area contributed by atoms with Gasteiger partial charge >= 0.3 is 5.97 Å². The molecule has 1 aromatic carbocycles. The van der Waals surface area contributed by atoms with Crippen LogP contribution in [0.5, 0.6) is 0 Å². The van der Waals surface area contributed by atoms with Gasteiger partial charge < -0.3 is 10.0 Å². The number of carbonyl (C=O) groups excluding carboxylic acids is 1. The Morgan fingerprint density at radius 1 is 1.12 bits per heavy atom. The molecule has 1 heterocycles. The zero-order valence-electron chi connectivity index (χ0n) is 13.9. The minimum absolute atomic E-state index is 0.0676. The molecule has 1 unspecified atom stereocenters. The van der Waals surface area contributed by atoms with Crippen LogP contribution >= 0.6 is 11.8 Å². The molecule has 1 saturated carbocycles. The maximum absolute atomic E-state index is 12.9. The fourth-order valence-electron chi connectivity index (χ4n) is 3.95. The second-order valence-corrected chi connectivity index (χ2v) is 7.97. The molecule has 1 atom stereocenters. The Hall–Kier alpha value is -1.49. The molecule has 3 rings (SSSR count). The smallest absolute Gasteiger partial charge is 0.305 e. The van der Waals surface area contributed by atoms with Crippen LogP contribution in [0, 0.1) is 5.92 Å². The number of carbonyl (C=O) groups is 2. The summed E-state index contributed by atoms with van der Waals surface area (Å²) >= 11 is 1.75. The van der Waals surface area contributed by atoms with Crippen LogP contribution in [0.3, 0.4) is 0 Å². The number of carboxylic acids is 1. The van der Waals surface area contributed by atoms with Gasteiger partial charge in [0.25, 0.3) is 0 Å². The van der Waals surface area contributed by atoms with Crippen LogP contribution in [0.15, 0.2) is 30.3 Å². The first-order valence-corrected chi connectivity index (χ1v) is 9.95. The van der Waals surface area contributed by atoms with Crippen LogP contribution < -0.4 is 0 Å². The fraction of sp³-hybridized carbons (Fsp3) is 0.579. The van der Waals surface area contributed by atoms with Crippen LogP contribution in [0.2, 0.25) is 0 Å². The molecule has 1 amide bonds. The number of benzene rings is 1. The van der Waals surface area contributed by atoms with Gasteiger partial charge in [-0.05, 0) is 37.2 Å². The molecule has 0 aromatic heterocycles. The quantitative estimate of drug-likeness (QED) is 0.907. The fourth-order valence-corrected chi connectivity index (χ4v) is 5.01. The molecule has 1 saturated heterocycles. The van der Waals surface area contributed by atoms with Gasteiger partial charge in [-0.15, -0.1) is 0 Å². The first-order chi connectivity index (χ1) is 11.6. The van der Waals surface area contributed by atoms with Gasteiger partial charge in [-0.1, -0.05) is 30.3 Å². The van der Waals surface area contributed by atoms with Crippen molar-refractivity contribution in [2.24, 2.45) is 5.92 Å². The molecule has 24 heavy (non-hydrogen) atoms. The number of rotatable bonds is 4. The van der Waals surface area contributed by atoms with Crippen LogP contribution in [-0.2, 0) is 9.59 Å². The molecule has 4 nitrogen and oxygen atoms in total. The Balaban J connectivity index is 1.58. The molecule has 0 bridgehead atoms. The van der Waals surface area contributed by atoms with E-state index in [1.165, 1.54) is 5.56 Å². The highest BCUT2D eigenvalue weighted by Crippen LogP contribution is 2.37. The first kappa shape index (κ1) is 17.3. The molecule has 0 spiro atoms. The topological polar surface area (TPSA) is 57.6 Å². The maximum Gasteiger partial charge on any atom is 0.305 e. The van der Waals surface area contributed by atoms with E-state index in [0.717, 1.165) is 37.2 Å². The molecule has 1 aliphatic carbocycles. The lowest BCUT2D eigenvalue weighted by Gasteiger charge is -2.38. The molecule has 2 fully saturated rings. The third-order valence-electron chi connectivity index (χ3n) is 5.27. The standard InChI is InChI=1S/C19H25NO3S/c21-18(22)12-17-13-24-11-10-20(17)19(23)16-8-6-15(7-9-16)14-4-2-1-3-5-14/h1-5,15-17H,6-13H2,(H,21,22). The van der Waals surface area contributed by atoms with Crippen molar-refractivity contribution in [3.05, 3.63) is 35.9 Å². The predicted octanol–water partition coefficient (Wildman–Crippen LogP) is 3.38. The van der Waals surface area contributed by atoms with Gasteiger partial charge in [0.15, 0.2) is 0 Å². The third-order valence-corrected chi connectivity index (χ3v) is 6.36. The summed E-state index contributed by atoms with van der Waals surface area (Å²) in [6.45, 7) is 0.695. The molecule has 1 aliphatic heterocycles. The van der Waals surface area contributed by atoms with E-state index in [0.29, 0.717) is 12.5 Å². The van der Waals surface area contributed by atoms with Crippen LogP contribution in [0.25, 0.3) is 0 Å². The van der Waals surface area contributed by atoms with Gasteiger partial charge in [0.05, 0.1) is 12.5 Å². The molecule has 2 aliphatic rings. The second kappa shape index (κ2) is 8.06. The maximum atomic E-state index is 12.9. The van der Waals surface area contributed by atoms with Crippen molar-refractivity contribution in [3.8, 4) is 0 Å². The van der Waals surface area contributed by atoms with Crippen molar-refractivity contribution >= 4 is 23.6 Å². The molecule has 5 heteroatoms. The van der Waals surface area contributed by atoms with E-state index in [4.69, 9.17) is 5.11 Å². The van der Waals surface area contributed by atoms with E-state index in [-0.39, 0.29) is 24.3 Å². The van der Waals surface area contributed by atoms with Gasteiger partial charge in [0, 0.05) is 24.0 Å². The lowest BCUT2D eigenvalue weighted by molar-refractivity contribution is -0.142. The zero-order valence-corrected chi connectivity index (χ0v) is 14.7. The number of amides is 1. The lowest BCUT2D eigenvalue weighted by Crippen LogP contribution is -2.49. The van der Waals surface area contributed by atoms with Gasteiger partial charge in [0.2, 0.25) is 5.91 Å². The average molecular weight is 347 g/mol. The summed E-state index contributed by atoms with van der Waals surface area (Å²) in [7, 11) is 0. The molecule has 1 aromatic rings. The molecular formula is C19H25NO3S. The number of thioether (sulfide) groups is 1. The normalized spacial score (nSPS) is 27.7. The summed E-state index contributed by atoms with van der Waals surface area (Å²) in [6, 6.07) is 10.4. The van der Waals surface area contributed by atoms with Gasteiger partial charge in [-0.25, -0.2) is 0 Å². The predicted molar refractivity (Wildman–Crippen MR) is 96.2 cm³/mol. The van der Waals surface area contributed by atoms with Crippen molar-refractivity contribution in [1.82, 2.24) is 4.90 Å². The van der Waals surface area contributed by atoms with Gasteiger partial charge in [-0.3, -0.25) is 9.59 Å². The Bertz CT molecular complexity index is 569. The largest absolute Gasteiger partial charge is 0.481 e. The summed E-state index contributed by atoms with van der Waals surface area (Å²) in [6.07, 6.45) is 4.00. The van der Waals surface area contributed by atoms with E-state index in [1.807, 2.05) is 11.0 Å². The van der Waals surface area contributed by atoms with Gasteiger partial charge in [-0.2, -0.15) is 11.8 Å². The van der Waals surface area contributed by atoms with Crippen LogP contribution in [-0.4, -0.2) is 46.0 Å². The average Bonchev–Trinajstić information content (AvgIpc) is 2.62. The molecule has 0 radical (unpaired) electrons. The Labute approximate surface area is 147 Å². The van der Waals surface area contributed by atoms with Crippen molar-refractivity contribution in [3.63, 3.8) is 0 Å². The van der Waals surface area contributed by atoms with Crippen molar-refractivity contribution < 1.29 is 14.7 Å². The summed E-state index contributed by atoms with van der Waals surface area (Å²) in [5.74, 6) is 1.67. The Morgan fingerprint density at radius 2 is 1.83 bits per heavy atom. The molecular weight excluding hydrogens is 322 g/mol. The first-order valence-electron chi connectivity index (χ1n) is 8.80. The number of hydrogen-bond acceptors (Lipinski definition) is 3. The monoisotopic (exact) mass is 347 g/mol. The van der Waals surface area contributed by atoms with Crippen LogP contribution in [0.1, 0.15) is 43.6 Å². The van der Waals surface area contributed by atoms with Crippen molar-refractivity contribution in [2.45, 2.75) is 44.1 Å². The molecule has 1 N–H and O–H groups in total. The number of carboxylic acid groups (broad SMARTS) is 1. The van der Waals surface area contributed by atoms with E-state index < -0.39 is 5.97 Å². The highest BCUT2D eigenvalue weighted by molar-refractivity contribution is 7.99. The number of hydrogen-bond donors (Lipinski definition) is 1. The van der Waals surface area contributed by atoms with Crippen LogP contribution in [0.4, 0.5) is 0 Å². The Kier molecular flexibility index (Phi) is 5.82. The zero-order chi connectivity index (χ0) is 16.9. The number of nitrogens with zero attached hydrogens (tertiary/aromatic N) is 1. The second-order valence-electron chi connectivity index (χ2n) is 6.82. The van der Waals surface area contributed by atoms with Gasteiger partial charge in [0.1, 0.15) is 0 Å². The third kappa shape index (κ3) is 4.12. The minimum atomic E-state index is -0.812.